The first-order valence-electron chi connectivity index (χ1n) is 7.06. The lowest BCUT2D eigenvalue weighted by atomic mass is 9.96. The molecule has 0 unspecified atom stereocenters. The normalized spacial score (nSPS) is 20.1. The van der Waals surface area contributed by atoms with Crippen molar-refractivity contribution in [1.82, 2.24) is 24.4 Å². The van der Waals surface area contributed by atoms with Crippen molar-refractivity contribution in [3.05, 3.63) is 24.5 Å². The zero-order chi connectivity index (χ0) is 15.6. The van der Waals surface area contributed by atoms with E-state index in [0.717, 1.165) is 12.8 Å². The van der Waals surface area contributed by atoms with E-state index in [-0.39, 0.29) is 5.92 Å². The van der Waals surface area contributed by atoms with Crippen LogP contribution in [0.15, 0.2) is 23.1 Å². The molecule has 9 heteroatoms. The highest BCUT2D eigenvalue weighted by molar-refractivity contribution is 7.88. The lowest BCUT2D eigenvalue weighted by Gasteiger charge is -2.30. The van der Waals surface area contributed by atoms with E-state index in [1.165, 1.54) is 10.6 Å². The molecule has 1 aliphatic heterocycles. The molecule has 8 nitrogen and oxygen atoms in total. The standard InChI is InChI=1S/C13H17N5O3S/c1-22(19,20)18-6-2-3-10(9-18)7-12-16-13(17-21-12)11-8-14-4-5-15-11/h4-5,8,10H,2-3,6-7,9H2,1H3/t10-/m0/s1. The van der Waals surface area contributed by atoms with Crippen LogP contribution >= 0.6 is 0 Å². The maximum Gasteiger partial charge on any atom is 0.227 e. The van der Waals surface area contributed by atoms with Gasteiger partial charge in [0.25, 0.3) is 0 Å². The zero-order valence-electron chi connectivity index (χ0n) is 12.2. The van der Waals surface area contributed by atoms with Crippen LogP contribution in [0.4, 0.5) is 0 Å². The molecule has 2 aromatic heterocycles. The summed E-state index contributed by atoms with van der Waals surface area (Å²) in [5, 5.41) is 3.90. The largest absolute Gasteiger partial charge is 0.339 e. The summed E-state index contributed by atoms with van der Waals surface area (Å²) < 4.78 is 30.0. The fourth-order valence-electron chi connectivity index (χ4n) is 2.60. The second-order valence-electron chi connectivity index (χ2n) is 5.44. The molecule has 0 spiro atoms. The van der Waals surface area contributed by atoms with Gasteiger partial charge in [-0.25, -0.2) is 17.7 Å². The Morgan fingerprint density at radius 2 is 2.27 bits per heavy atom. The minimum Gasteiger partial charge on any atom is -0.339 e. The van der Waals surface area contributed by atoms with Crippen molar-refractivity contribution in [3.63, 3.8) is 0 Å². The average molecular weight is 323 g/mol. The lowest BCUT2D eigenvalue weighted by Crippen LogP contribution is -2.39. The van der Waals surface area contributed by atoms with Crippen LogP contribution in [-0.4, -0.2) is 52.2 Å². The van der Waals surface area contributed by atoms with Crippen LogP contribution < -0.4 is 0 Å². The third-order valence-corrected chi connectivity index (χ3v) is 4.94. The second-order valence-corrected chi connectivity index (χ2v) is 7.42. The molecular formula is C13H17N5O3S. The highest BCUT2D eigenvalue weighted by Gasteiger charge is 2.27. The molecule has 1 aliphatic rings. The fraction of sp³-hybridized carbons (Fsp3) is 0.538. The molecule has 3 rings (SSSR count). The van der Waals surface area contributed by atoms with Gasteiger partial charge in [-0.1, -0.05) is 5.16 Å². The molecule has 1 fully saturated rings. The van der Waals surface area contributed by atoms with Crippen LogP contribution in [-0.2, 0) is 16.4 Å². The van der Waals surface area contributed by atoms with Gasteiger partial charge in [0.15, 0.2) is 0 Å². The van der Waals surface area contributed by atoms with E-state index in [1.54, 1.807) is 18.6 Å². The maximum atomic E-state index is 11.6. The third kappa shape index (κ3) is 3.47. The maximum absolute atomic E-state index is 11.6. The number of piperidine rings is 1. The van der Waals surface area contributed by atoms with Crippen molar-refractivity contribution < 1.29 is 12.9 Å². The van der Waals surface area contributed by atoms with Gasteiger partial charge in [0.05, 0.1) is 12.5 Å². The highest BCUT2D eigenvalue weighted by Crippen LogP contribution is 2.22. The second kappa shape index (κ2) is 6.09. The van der Waals surface area contributed by atoms with Gasteiger partial charge in [-0.05, 0) is 18.8 Å². The molecule has 22 heavy (non-hydrogen) atoms. The summed E-state index contributed by atoms with van der Waals surface area (Å²) in [6.07, 6.45) is 8.33. The average Bonchev–Trinajstić information content (AvgIpc) is 2.96. The fourth-order valence-corrected chi connectivity index (χ4v) is 3.54. The van der Waals surface area contributed by atoms with Gasteiger partial charge in [-0.3, -0.25) is 4.98 Å². The van der Waals surface area contributed by atoms with E-state index >= 15 is 0 Å². The molecule has 0 saturated carbocycles. The van der Waals surface area contributed by atoms with Crippen LogP contribution in [0.1, 0.15) is 18.7 Å². The Labute approximate surface area is 128 Å². The molecule has 2 aromatic rings. The molecule has 3 heterocycles. The predicted molar refractivity (Wildman–Crippen MR) is 78.2 cm³/mol. The zero-order valence-corrected chi connectivity index (χ0v) is 13.0. The highest BCUT2D eigenvalue weighted by atomic mass is 32.2. The van der Waals surface area contributed by atoms with E-state index < -0.39 is 10.0 Å². The van der Waals surface area contributed by atoms with Crippen LogP contribution in [0.2, 0.25) is 0 Å². The van der Waals surface area contributed by atoms with Gasteiger partial charge in [0.2, 0.25) is 21.7 Å². The van der Waals surface area contributed by atoms with Gasteiger partial charge < -0.3 is 4.52 Å². The minimum absolute atomic E-state index is 0.193. The molecule has 0 radical (unpaired) electrons. The van der Waals surface area contributed by atoms with Crippen molar-refractivity contribution in [2.75, 3.05) is 19.3 Å². The number of rotatable bonds is 4. The van der Waals surface area contributed by atoms with Crippen LogP contribution in [0.3, 0.4) is 0 Å². The molecule has 0 bridgehead atoms. The SMILES string of the molecule is CS(=O)(=O)N1CCC[C@@H](Cc2nc(-c3cnccn3)no2)C1. The van der Waals surface area contributed by atoms with Gasteiger partial charge in [0, 0.05) is 31.9 Å². The molecule has 0 amide bonds. The number of hydrogen-bond acceptors (Lipinski definition) is 7. The third-order valence-electron chi connectivity index (χ3n) is 3.67. The molecule has 1 atom stereocenters. The van der Waals surface area contributed by atoms with Crippen molar-refractivity contribution in [1.29, 1.82) is 0 Å². The van der Waals surface area contributed by atoms with Gasteiger partial charge in [-0.15, -0.1) is 0 Å². The van der Waals surface area contributed by atoms with Crippen LogP contribution in [0.5, 0.6) is 0 Å². The minimum atomic E-state index is -3.14. The van der Waals surface area contributed by atoms with Crippen molar-refractivity contribution in [2.24, 2.45) is 5.92 Å². The number of nitrogens with zero attached hydrogens (tertiary/aromatic N) is 5. The van der Waals surface area contributed by atoms with E-state index in [4.69, 9.17) is 4.52 Å². The van der Waals surface area contributed by atoms with Gasteiger partial charge >= 0.3 is 0 Å². The first kappa shape index (κ1) is 15.0. The Balaban J connectivity index is 1.68. The van der Waals surface area contributed by atoms with Crippen molar-refractivity contribution in [3.8, 4) is 11.5 Å². The number of sulfonamides is 1. The van der Waals surface area contributed by atoms with E-state index in [2.05, 4.69) is 20.1 Å². The summed E-state index contributed by atoms with van der Waals surface area (Å²) in [6, 6.07) is 0. The van der Waals surface area contributed by atoms with Gasteiger partial charge in [-0.2, -0.15) is 4.98 Å². The quantitative estimate of drug-likeness (QED) is 0.817. The molecule has 0 N–H and O–H groups in total. The number of aromatic nitrogens is 4. The Kier molecular flexibility index (Phi) is 4.16. The van der Waals surface area contributed by atoms with E-state index in [0.29, 0.717) is 36.9 Å². The Hall–Kier alpha value is -1.87. The summed E-state index contributed by atoms with van der Waals surface area (Å²) in [4.78, 5) is 12.4. The monoisotopic (exact) mass is 323 g/mol. The molecular weight excluding hydrogens is 306 g/mol. The molecule has 118 valence electrons. The Bertz CT molecular complexity index is 731. The summed E-state index contributed by atoms with van der Waals surface area (Å²) >= 11 is 0. The predicted octanol–water partition coefficient (Wildman–Crippen LogP) is 0.741. The number of hydrogen-bond donors (Lipinski definition) is 0. The summed E-state index contributed by atoms with van der Waals surface area (Å²) in [6.45, 7) is 1.09. The topological polar surface area (TPSA) is 102 Å². The van der Waals surface area contributed by atoms with Crippen molar-refractivity contribution in [2.45, 2.75) is 19.3 Å². The molecule has 0 aliphatic carbocycles. The van der Waals surface area contributed by atoms with Crippen LogP contribution in [0, 0.1) is 5.92 Å². The molecule has 1 saturated heterocycles. The van der Waals surface area contributed by atoms with Crippen LogP contribution in [0.25, 0.3) is 11.5 Å². The lowest BCUT2D eigenvalue weighted by molar-refractivity contribution is 0.248. The van der Waals surface area contributed by atoms with E-state index in [1.807, 2.05) is 0 Å². The summed E-state index contributed by atoms with van der Waals surface area (Å²) in [7, 11) is -3.14. The Morgan fingerprint density at radius 3 is 3.00 bits per heavy atom. The smallest absolute Gasteiger partial charge is 0.227 e. The summed E-state index contributed by atoms with van der Waals surface area (Å²) in [5.74, 6) is 1.10. The molecule has 0 aromatic carbocycles. The summed E-state index contributed by atoms with van der Waals surface area (Å²) in [5.41, 5.74) is 0.555. The van der Waals surface area contributed by atoms with Gasteiger partial charge in [0.1, 0.15) is 5.69 Å². The van der Waals surface area contributed by atoms with Crippen molar-refractivity contribution >= 4 is 10.0 Å². The first-order chi connectivity index (χ1) is 10.5. The van der Waals surface area contributed by atoms with E-state index in [9.17, 15) is 8.42 Å². The first-order valence-corrected chi connectivity index (χ1v) is 8.91. The Morgan fingerprint density at radius 1 is 1.41 bits per heavy atom.